The van der Waals surface area contributed by atoms with Crippen LogP contribution in [-0.4, -0.2) is 45.2 Å². The highest BCUT2D eigenvalue weighted by molar-refractivity contribution is 5.91. The third-order valence-electron chi connectivity index (χ3n) is 6.15. The summed E-state index contributed by atoms with van der Waals surface area (Å²) in [5.74, 6) is 2.82. The second-order valence-electron chi connectivity index (χ2n) is 8.51. The lowest BCUT2D eigenvalue weighted by molar-refractivity contribution is 0.170. The summed E-state index contributed by atoms with van der Waals surface area (Å²) in [7, 11) is 0. The molecule has 1 saturated carbocycles. The normalized spacial score (nSPS) is 18.9. The molecular formula is C24H29N5O2. The molecule has 1 aliphatic heterocycles. The maximum Gasteiger partial charge on any atom is 0.321 e. The molecule has 5 rings (SSSR count). The summed E-state index contributed by atoms with van der Waals surface area (Å²) in [4.78, 5) is 24.4. The van der Waals surface area contributed by atoms with Gasteiger partial charge in [-0.05, 0) is 62.8 Å². The number of imidazole rings is 1. The Morgan fingerprint density at radius 2 is 2.06 bits per heavy atom. The van der Waals surface area contributed by atoms with Crippen molar-refractivity contribution in [2.45, 2.75) is 45.1 Å². The molecule has 1 atom stereocenters. The van der Waals surface area contributed by atoms with Gasteiger partial charge in [0.2, 0.25) is 0 Å². The molecule has 1 aliphatic carbocycles. The number of likely N-dealkylation sites (tertiary alicyclic amines) is 1. The number of nitrogens with one attached hydrogen (secondary N) is 1. The number of urea groups is 1. The van der Waals surface area contributed by atoms with Crippen LogP contribution in [-0.2, 0) is 6.54 Å². The SMILES string of the molecule is CCOc1ccccc1NC(=O)N1CCCC(Cn2c(C3CC3)nc3cccnc32)C1. The Morgan fingerprint density at radius 1 is 1.19 bits per heavy atom. The zero-order chi connectivity index (χ0) is 21.2. The van der Waals surface area contributed by atoms with E-state index in [1.807, 2.05) is 54.4 Å². The molecule has 1 unspecified atom stereocenters. The predicted molar refractivity (Wildman–Crippen MR) is 120 cm³/mol. The van der Waals surface area contributed by atoms with Crippen LogP contribution < -0.4 is 10.1 Å². The standard InChI is InChI=1S/C24H29N5O2/c1-2-31-21-10-4-3-8-19(21)27-24(30)28-14-6-7-17(15-28)16-29-22(18-11-12-18)26-20-9-5-13-25-23(20)29/h3-5,8-10,13,17-18H,2,6-7,11-12,14-16H2,1H3,(H,27,30). The highest BCUT2D eigenvalue weighted by atomic mass is 16.5. The lowest BCUT2D eigenvalue weighted by atomic mass is 9.98. The Morgan fingerprint density at radius 3 is 2.90 bits per heavy atom. The second-order valence-corrected chi connectivity index (χ2v) is 8.51. The predicted octanol–water partition coefficient (Wildman–Crippen LogP) is 4.65. The Kier molecular flexibility index (Phi) is 5.49. The van der Waals surface area contributed by atoms with Crippen molar-refractivity contribution >= 4 is 22.9 Å². The quantitative estimate of drug-likeness (QED) is 0.631. The molecule has 1 N–H and O–H groups in total. The molecule has 2 fully saturated rings. The number of nitrogens with zero attached hydrogens (tertiary/aromatic N) is 4. The van der Waals surface area contributed by atoms with Gasteiger partial charge in [-0.15, -0.1) is 0 Å². The number of rotatable bonds is 6. The van der Waals surface area contributed by atoms with Crippen molar-refractivity contribution in [3.63, 3.8) is 0 Å². The summed E-state index contributed by atoms with van der Waals surface area (Å²) < 4.78 is 7.96. The molecule has 2 aromatic heterocycles. The molecule has 0 bridgehead atoms. The molecule has 1 saturated heterocycles. The fourth-order valence-electron chi connectivity index (χ4n) is 4.51. The van der Waals surface area contributed by atoms with Crippen molar-refractivity contribution in [1.82, 2.24) is 19.4 Å². The van der Waals surface area contributed by atoms with Crippen molar-refractivity contribution in [3.05, 3.63) is 48.4 Å². The molecule has 0 radical (unpaired) electrons. The van der Waals surface area contributed by atoms with Gasteiger partial charge in [0.05, 0.1) is 12.3 Å². The van der Waals surface area contributed by atoms with E-state index in [4.69, 9.17) is 9.72 Å². The zero-order valence-electron chi connectivity index (χ0n) is 18.0. The fourth-order valence-corrected chi connectivity index (χ4v) is 4.51. The molecule has 2 aliphatic rings. The summed E-state index contributed by atoms with van der Waals surface area (Å²) in [6, 6.07) is 11.5. The average Bonchev–Trinajstić information content (AvgIpc) is 3.58. The molecule has 7 heteroatoms. The minimum Gasteiger partial charge on any atom is -0.492 e. The molecule has 3 aromatic rings. The van der Waals surface area contributed by atoms with Crippen LogP contribution in [0.2, 0.25) is 0 Å². The van der Waals surface area contributed by atoms with Gasteiger partial charge in [0, 0.05) is 31.7 Å². The number of para-hydroxylation sites is 2. The number of hydrogen-bond acceptors (Lipinski definition) is 4. The van der Waals surface area contributed by atoms with Gasteiger partial charge in [0.15, 0.2) is 5.65 Å². The number of ether oxygens (including phenoxy) is 1. The summed E-state index contributed by atoms with van der Waals surface area (Å²) in [5.41, 5.74) is 2.66. The molecule has 0 spiro atoms. The number of pyridine rings is 1. The first-order valence-electron chi connectivity index (χ1n) is 11.3. The van der Waals surface area contributed by atoms with E-state index in [2.05, 4.69) is 14.9 Å². The van der Waals surface area contributed by atoms with Crippen LogP contribution in [0.15, 0.2) is 42.6 Å². The number of carbonyl (C=O) groups excluding carboxylic acids is 1. The molecule has 162 valence electrons. The summed E-state index contributed by atoms with van der Waals surface area (Å²) in [5, 5.41) is 3.04. The van der Waals surface area contributed by atoms with E-state index < -0.39 is 0 Å². The van der Waals surface area contributed by atoms with Crippen LogP contribution in [0.3, 0.4) is 0 Å². The maximum atomic E-state index is 13.0. The maximum absolute atomic E-state index is 13.0. The number of carbonyl (C=O) groups is 1. The number of aromatic nitrogens is 3. The number of fused-ring (bicyclic) bond motifs is 1. The number of benzene rings is 1. The van der Waals surface area contributed by atoms with Crippen LogP contribution in [0.25, 0.3) is 11.2 Å². The van der Waals surface area contributed by atoms with Gasteiger partial charge in [-0.2, -0.15) is 0 Å². The van der Waals surface area contributed by atoms with Gasteiger partial charge < -0.3 is 19.5 Å². The molecule has 7 nitrogen and oxygen atoms in total. The van der Waals surface area contributed by atoms with Crippen LogP contribution in [0.4, 0.5) is 10.5 Å². The fraction of sp³-hybridized carbons (Fsp3) is 0.458. The van der Waals surface area contributed by atoms with Gasteiger partial charge in [-0.1, -0.05) is 12.1 Å². The first-order chi connectivity index (χ1) is 15.2. The van der Waals surface area contributed by atoms with Gasteiger partial charge in [-0.3, -0.25) is 0 Å². The van der Waals surface area contributed by atoms with E-state index in [1.54, 1.807) is 0 Å². The number of anilines is 1. The van der Waals surface area contributed by atoms with E-state index in [1.165, 1.54) is 18.7 Å². The number of hydrogen-bond donors (Lipinski definition) is 1. The lowest BCUT2D eigenvalue weighted by Gasteiger charge is -2.33. The highest BCUT2D eigenvalue weighted by Crippen LogP contribution is 2.41. The Bertz CT molecular complexity index is 1070. The van der Waals surface area contributed by atoms with Crippen LogP contribution in [0.5, 0.6) is 5.75 Å². The Labute approximate surface area is 182 Å². The molecule has 3 heterocycles. The van der Waals surface area contributed by atoms with Crippen molar-refractivity contribution in [2.75, 3.05) is 25.0 Å². The third-order valence-corrected chi connectivity index (χ3v) is 6.15. The van der Waals surface area contributed by atoms with E-state index >= 15 is 0 Å². The van der Waals surface area contributed by atoms with Gasteiger partial charge >= 0.3 is 6.03 Å². The van der Waals surface area contributed by atoms with Crippen molar-refractivity contribution in [1.29, 1.82) is 0 Å². The third kappa shape index (κ3) is 4.22. The first-order valence-corrected chi connectivity index (χ1v) is 11.3. The van der Waals surface area contributed by atoms with E-state index in [-0.39, 0.29) is 6.03 Å². The topological polar surface area (TPSA) is 72.3 Å². The smallest absolute Gasteiger partial charge is 0.321 e. The molecule has 1 aromatic carbocycles. The summed E-state index contributed by atoms with van der Waals surface area (Å²) in [6.45, 7) is 4.88. The highest BCUT2D eigenvalue weighted by Gasteiger charge is 2.32. The summed E-state index contributed by atoms with van der Waals surface area (Å²) in [6.07, 6.45) is 6.37. The van der Waals surface area contributed by atoms with E-state index in [9.17, 15) is 4.79 Å². The van der Waals surface area contributed by atoms with Crippen molar-refractivity contribution < 1.29 is 9.53 Å². The van der Waals surface area contributed by atoms with Crippen LogP contribution in [0.1, 0.15) is 44.3 Å². The minimum absolute atomic E-state index is 0.0621. The van der Waals surface area contributed by atoms with E-state index in [0.717, 1.165) is 49.3 Å². The van der Waals surface area contributed by atoms with E-state index in [0.29, 0.717) is 24.2 Å². The first kappa shape index (κ1) is 19.8. The van der Waals surface area contributed by atoms with Gasteiger partial charge in [0.25, 0.3) is 0 Å². The monoisotopic (exact) mass is 419 g/mol. The summed E-state index contributed by atoms with van der Waals surface area (Å²) >= 11 is 0. The zero-order valence-corrected chi connectivity index (χ0v) is 18.0. The van der Waals surface area contributed by atoms with Gasteiger partial charge in [-0.25, -0.2) is 14.8 Å². The largest absolute Gasteiger partial charge is 0.492 e. The Balaban J connectivity index is 1.30. The molecule has 31 heavy (non-hydrogen) atoms. The number of amides is 2. The van der Waals surface area contributed by atoms with Crippen LogP contribution >= 0.6 is 0 Å². The van der Waals surface area contributed by atoms with Crippen LogP contribution in [0, 0.1) is 5.92 Å². The minimum atomic E-state index is -0.0621. The Hall–Kier alpha value is -3.09. The average molecular weight is 420 g/mol. The van der Waals surface area contributed by atoms with Crippen molar-refractivity contribution in [2.24, 2.45) is 5.92 Å². The van der Waals surface area contributed by atoms with Crippen molar-refractivity contribution in [3.8, 4) is 5.75 Å². The lowest BCUT2D eigenvalue weighted by Crippen LogP contribution is -2.43. The number of piperidine rings is 1. The second kappa shape index (κ2) is 8.57. The molecule has 2 amide bonds. The van der Waals surface area contributed by atoms with Gasteiger partial charge in [0.1, 0.15) is 17.1 Å². The molecular weight excluding hydrogens is 390 g/mol.